The van der Waals surface area contributed by atoms with Crippen molar-refractivity contribution < 1.29 is 0 Å². The zero-order valence-corrected chi connectivity index (χ0v) is 15.2. The molecule has 2 rings (SSSR count). The van der Waals surface area contributed by atoms with E-state index < -0.39 is 0 Å². The molecule has 116 valence electrons. The van der Waals surface area contributed by atoms with E-state index in [1.807, 2.05) is 0 Å². The highest BCUT2D eigenvalue weighted by Gasteiger charge is 2.04. The van der Waals surface area contributed by atoms with Crippen molar-refractivity contribution in [3.63, 3.8) is 0 Å². The number of H-pyrrole nitrogens is 1. The SMILES string of the molecule is CCCCCCCCCCn1c(=S)[nH]c2cc(Br)ccc21. The van der Waals surface area contributed by atoms with E-state index in [2.05, 4.69) is 50.6 Å². The molecular formula is C17H25BrN2S. The lowest BCUT2D eigenvalue weighted by molar-refractivity contribution is 0.546. The van der Waals surface area contributed by atoms with Gasteiger partial charge in [-0.05, 0) is 36.8 Å². The van der Waals surface area contributed by atoms with Crippen LogP contribution in [-0.4, -0.2) is 9.55 Å². The van der Waals surface area contributed by atoms with Crippen LogP contribution in [0.15, 0.2) is 22.7 Å². The number of imidazole rings is 1. The van der Waals surface area contributed by atoms with E-state index in [-0.39, 0.29) is 0 Å². The Bertz CT molecular complexity index is 615. The van der Waals surface area contributed by atoms with Crippen LogP contribution in [0.4, 0.5) is 0 Å². The minimum atomic E-state index is 0.839. The molecule has 0 atom stereocenters. The first-order valence-electron chi connectivity index (χ1n) is 8.10. The summed E-state index contributed by atoms with van der Waals surface area (Å²) in [6, 6.07) is 6.31. The van der Waals surface area contributed by atoms with Gasteiger partial charge in [-0.2, -0.15) is 0 Å². The van der Waals surface area contributed by atoms with E-state index in [0.717, 1.165) is 21.3 Å². The normalized spacial score (nSPS) is 11.3. The molecule has 4 heteroatoms. The highest BCUT2D eigenvalue weighted by Crippen LogP contribution is 2.20. The molecule has 2 nitrogen and oxygen atoms in total. The number of aromatic amines is 1. The van der Waals surface area contributed by atoms with E-state index in [1.165, 1.54) is 56.9 Å². The maximum Gasteiger partial charge on any atom is 0.178 e. The lowest BCUT2D eigenvalue weighted by Crippen LogP contribution is -1.97. The van der Waals surface area contributed by atoms with Crippen LogP contribution in [0.5, 0.6) is 0 Å². The van der Waals surface area contributed by atoms with Crippen molar-refractivity contribution in [3.8, 4) is 0 Å². The van der Waals surface area contributed by atoms with E-state index >= 15 is 0 Å². The molecule has 2 aromatic rings. The van der Waals surface area contributed by atoms with Gasteiger partial charge in [0.25, 0.3) is 0 Å². The fraction of sp³-hybridized carbons (Fsp3) is 0.588. The van der Waals surface area contributed by atoms with Crippen molar-refractivity contribution in [1.29, 1.82) is 0 Å². The number of aryl methyl sites for hydroxylation is 1. The Labute approximate surface area is 141 Å². The largest absolute Gasteiger partial charge is 0.331 e. The standard InChI is InChI=1S/C17H25BrN2S/c1-2-3-4-5-6-7-8-9-12-20-16-11-10-14(18)13-15(16)19-17(20)21/h10-11,13H,2-9,12H2,1H3,(H,19,21). The number of benzene rings is 1. The molecule has 0 fully saturated rings. The van der Waals surface area contributed by atoms with Crippen LogP contribution in [0.1, 0.15) is 58.3 Å². The first-order chi connectivity index (χ1) is 10.2. The van der Waals surface area contributed by atoms with Gasteiger partial charge >= 0.3 is 0 Å². The van der Waals surface area contributed by atoms with Crippen LogP contribution >= 0.6 is 28.1 Å². The number of hydrogen-bond donors (Lipinski definition) is 1. The summed E-state index contributed by atoms with van der Waals surface area (Å²) in [5, 5.41) is 0. The van der Waals surface area contributed by atoms with Gasteiger partial charge in [0.2, 0.25) is 0 Å². The van der Waals surface area contributed by atoms with Gasteiger partial charge in [-0.3, -0.25) is 0 Å². The third-order valence-electron chi connectivity index (χ3n) is 3.97. The molecule has 1 heterocycles. The summed E-state index contributed by atoms with van der Waals surface area (Å²) >= 11 is 8.94. The molecule has 0 spiro atoms. The minimum absolute atomic E-state index is 0.839. The summed E-state index contributed by atoms with van der Waals surface area (Å²) in [6.07, 6.45) is 10.8. The lowest BCUT2D eigenvalue weighted by atomic mass is 10.1. The minimum Gasteiger partial charge on any atom is -0.331 e. The van der Waals surface area contributed by atoms with Gasteiger partial charge in [-0.1, -0.05) is 67.8 Å². The van der Waals surface area contributed by atoms with Gasteiger partial charge in [0, 0.05) is 11.0 Å². The lowest BCUT2D eigenvalue weighted by Gasteiger charge is -2.05. The van der Waals surface area contributed by atoms with Gasteiger partial charge in [-0.15, -0.1) is 0 Å². The predicted octanol–water partition coefficient (Wildman–Crippen LogP) is 6.60. The molecule has 21 heavy (non-hydrogen) atoms. The smallest absolute Gasteiger partial charge is 0.178 e. The number of hydrogen-bond acceptors (Lipinski definition) is 1. The van der Waals surface area contributed by atoms with Crippen LogP contribution in [0, 0.1) is 4.77 Å². The molecule has 0 aliphatic heterocycles. The van der Waals surface area contributed by atoms with Crippen LogP contribution in [-0.2, 0) is 6.54 Å². The topological polar surface area (TPSA) is 20.7 Å². The Hall–Kier alpha value is -0.610. The van der Waals surface area contributed by atoms with Crippen LogP contribution in [0.2, 0.25) is 0 Å². The molecule has 0 aliphatic carbocycles. The number of fused-ring (bicyclic) bond motifs is 1. The first kappa shape index (κ1) is 16.8. The van der Waals surface area contributed by atoms with Crippen molar-refractivity contribution in [2.24, 2.45) is 0 Å². The number of rotatable bonds is 9. The maximum atomic E-state index is 5.44. The quantitative estimate of drug-likeness (QED) is 0.390. The van der Waals surface area contributed by atoms with Crippen molar-refractivity contribution in [2.75, 3.05) is 0 Å². The van der Waals surface area contributed by atoms with E-state index in [9.17, 15) is 0 Å². The molecule has 0 saturated carbocycles. The number of nitrogens with one attached hydrogen (secondary N) is 1. The van der Waals surface area contributed by atoms with Gasteiger partial charge in [0.05, 0.1) is 11.0 Å². The van der Waals surface area contributed by atoms with E-state index in [0.29, 0.717) is 0 Å². The molecule has 0 aliphatic rings. The Morgan fingerprint density at radius 1 is 1.05 bits per heavy atom. The molecule has 0 unspecified atom stereocenters. The maximum absolute atomic E-state index is 5.44. The highest BCUT2D eigenvalue weighted by atomic mass is 79.9. The third kappa shape index (κ3) is 4.96. The third-order valence-corrected chi connectivity index (χ3v) is 4.79. The Balaban J connectivity index is 1.79. The second kappa shape index (κ2) is 8.74. The van der Waals surface area contributed by atoms with E-state index in [1.54, 1.807) is 0 Å². The molecule has 1 aromatic carbocycles. The van der Waals surface area contributed by atoms with Crippen LogP contribution in [0.3, 0.4) is 0 Å². The molecule has 0 amide bonds. The van der Waals surface area contributed by atoms with Gasteiger partial charge in [0.1, 0.15) is 0 Å². The van der Waals surface area contributed by atoms with Crippen molar-refractivity contribution in [3.05, 3.63) is 27.4 Å². The monoisotopic (exact) mass is 368 g/mol. The fourth-order valence-electron chi connectivity index (χ4n) is 2.76. The average Bonchev–Trinajstić information content (AvgIpc) is 2.76. The summed E-state index contributed by atoms with van der Waals surface area (Å²) in [5.41, 5.74) is 2.33. The van der Waals surface area contributed by atoms with Crippen LogP contribution in [0.25, 0.3) is 11.0 Å². The molecular weight excluding hydrogens is 344 g/mol. The highest BCUT2D eigenvalue weighted by molar-refractivity contribution is 9.10. The Kier molecular flexibility index (Phi) is 6.97. The summed E-state index contributed by atoms with van der Waals surface area (Å²) < 4.78 is 4.16. The van der Waals surface area contributed by atoms with Gasteiger partial charge < -0.3 is 9.55 Å². The second-order valence-corrected chi connectivity index (χ2v) is 7.02. The van der Waals surface area contributed by atoms with Crippen molar-refractivity contribution >= 4 is 39.2 Å². The number of unbranched alkanes of at least 4 members (excludes halogenated alkanes) is 7. The molecule has 0 radical (unpaired) electrons. The molecule has 0 bridgehead atoms. The summed E-state index contributed by atoms with van der Waals surface area (Å²) in [6.45, 7) is 3.29. The van der Waals surface area contributed by atoms with E-state index in [4.69, 9.17) is 12.2 Å². The van der Waals surface area contributed by atoms with Crippen LogP contribution < -0.4 is 0 Å². The van der Waals surface area contributed by atoms with Gasteiger partial charge in [0.15, 0.2) is 4.77 Å². The average molecular weight is 369 g/mol. The number of nitrogens with zero attached hydrogens (tertiary/aromatic N) is 1. The van der Waals surface area contributed by atoms with Gasteiger partial charge in [-0.25, -0.2) is 0 Å². The zero-order valence-electron chi connectivity index (χ0n) is 12.8. The molecule has 1 N–H and O–H groups in total. The van der Waals surface area contributed by atoms with Crippen molar-refractivity contribution in [2.45, 2.75) is 64.8 Å². The van der Waals surface area contributed by atoms with Crippen molar-refractivity contribution in [1.82, 2.24) is 9.55 Å². The first-order valence-corrected chi connectivity index (χ1v) is 9.30. The number of aromatic nitrogens is 2. The zero-order chi connectivity index (χ0) is 15.1. The summed E-state index contributed by atoms with van der Waals surface area (Å²) in [4.78, 5) is 3.29. The molecule has 0 saturated heterocycles. The second-order valence-electron chi connectivity index (χ2n) is 5.72. The summed E-state index contributed by atoms with van der Waals surface area (Å²) in [7, 11) is 0. The summed E-state index contributed by atoms with van der Waals surface area (Å²) in [5.74, 6) is 0. The molecule has 1 aromatic heterocycles. The number of halogens is 1. The fourth-order valence-corrected chi connectivity index (χ4v) is 3.42. The Morgan fingerprint density at radius 2 is 1.71 bits per heavy atom. The predicted molar refractivity (Wildman–Crippen MR) is 97.4 cm³/mol. The Morgan fingerprint density at radius 3 is 2.43 bits per heavy atom.